The first-order chi connectivity index (χ1) is 38.1. The maximum Gasteiger partial charge on any atom is 0.294 e. The molecule has 0 saturated heterocycles. The van der Waals surface area contributed by atoms with Gasteiger partial charge in [-0.15, -0.1) is 0 Å². The second-order valence-electron chi connectivity index (χ2n) is 20.7. The molecular formula is C55H73N6O16S4+. The second kappa shape index (κ2) is 28.0. The van der Waals surface area contributed by atoms with Crippen LogP contribution in [0.25, 0.3) is 10.4 Å². The number of nitrogens with one attached hydrogen (secondary N) is 1. The zero-order valence-corrected chi connectivity index (χ0v) is 49.3. The zero-order chi connectivity index (χ0) is 59.2. The summed E-state index contributed by atoms with van der Waals surface area (Å²) in [6.07, 6.45) is 13.1. The molecule has 22 nitrogen and oxygen atoms in total. The minimum atomic E-state index is -4.57. The number of allylic oxidation sites excluding steroid dienone is 8. The van der Waals surface area contributed by atoms with Crippen molar-refractivity contribution in [2.24, 2.45) is 5.11 Å². The lowest BCUT2D eigenvalue weighted by Gasteiger charge is -2.27. The van der Waals surface area contributed by atoms with Gasteiger partial charge in [-0.05, 0) is 154 Å². The molecule has 6 rings (SSSR count). The van der Waals surface area contributed by atoms with Gasteiger partial charge in [-0.25, -0.2) is 0 Å². The van der Waals surface area contributed by atoms with Gasteiger partial charge in [0.1, 0.15) is 18.1 Å². The van der Waals surface area contributed by atoms with Crippen molar-refractivity contribution in [2.45, 2.75) is 111 Å². The highest BCUT2D eigenvalue weighted by molar-refractivity contribution is 7.86. The highest BCUT2D eigenvalue weighted by atomic mass is 32.2. The Bertz CT molecular complexity index is 3460. The molecule has 0 bridgehead atoms. The Balaban J connectivity index is 1.27. The van der Waals surface area contributed by atoms with E-state index in [0.29, 0.717) is 113 Å². The van der Waals surface area contributed by atoms with Crippen LogP contribution < -0.4 is 15.0 Å². The summed E-state index contributed by atoms with van der Waals surface area (Å²) in [6.45, 7) is 16.1. The Hall–Kier alpha value is -5.74. The summed E-state index contributed by atoms with van der Waals surface area (Å²) in [5, 5.41) is 6.71. The van der Waals surface area contributed by atoms with Crippen LogP contribution in [0.5, 0.6) is 5.75 Å². The normalized spacial score (nSPS) is 17.3. The summed E-state index contributed by atoms with van der Waals surface area (Å²) < 4.78 is 161. The number of azide groups is 1. The summed E-state index contributed by atoms with van der Waals surface area (Å²) >= 11 is 0. The molecule has 0 amide bonds. The van der Waals surface area contributed by atoms with Crippen molar-refractivity contribution in [3.63, 3.8) is 0 Å². The minimum Gasteiger partial charge on any atom is -0.457 e. The fourth-order valence-corrected chi connectivity index (χ4v) is 12.1. The van der Waals surface area contributed by atoms with E-state index >= 15 is 0 Å². The first-order valence-corrected chi connectivity index (χ1v) is 32.4. The quantitative estimate of drug-likeness (QED) is 0.00971. The maximum absolute atomic E-state index is 12.5. The largest absolute Gasteiger partial charge is 0.457 e. The van der Waals surface area contributed by atoms with Gasteiger partial charge in [0.25, 0.3) is 40.5 Å². The molecule has 442 valence electrons. The van der Waals surface area contributed by atoms with Gasteiger partial charge in [0.15, 0.2) is 5.71 Å². The maximum atomic E-state index is 12.5. The number of unbranched alkanes of at least 4 members (excludes halogenated alkanes) is 3. The van der Waals surface area contributed by atoms with E-state index in [-0.39, 0.29) is 33.4 Å². The molecule has 0 unspecified atom stereocenters. The molecule has 1 aliphatic carbocycles. The van der Waals surface area contributed by atoms with Crippen molar-refractivity contribution in [2.75, 3.05) is 76.5 Å². The van der Waals surface area contributed by atoms with Crippen LogP contribution in [-0.2, 0) is 65.5 Å². The lowest BCUT2D eigenvalue weighted by atomic mass is 9.81. The van der Waals surface area contributed by atoms with Gasteiger partial charge >= 0.3 is 0 Å². The Morgan fingerprint density at radius 3 is 1.99 bits per heavy atom. The molecule has 26 heteroatoms. The first-order valence-electron chi connectivity index (χ1n) is 26.5. The smallest absolute Gasteiger partial charge is 0.294 e. The highest BCUT2D eigenvalue weighted by Gasteiger charge is 2.45. The SMILES string of the molecule is C=C(CCCCC[N+]1=C(/C=C/C2=C(Oc3ccc(S(=O)(=O)O)cc3)C(=C/C=C3/N(CCCCS(=O)(=O)O)c4ccc(S(=O)(=O)O)cc4C3(C)C)/CCC2)C(C)(C)c2cc(S(=O)(=O)O)ccc21)NCCOCCOCCOCCN=[N+]=[N-]. The molecule has 0 saturated carbocycles. The Morgan fingerprint density at radius 2 is 1.35 bits per heavy atom. The van der Waals surface area contributed by atoms with Crippen molar-refractivity contribution in [1.29, 1.82) is 0 Å². The van der Waals surface area contributed by atoms with Gasteiger partial charge in [0.2, 0.25) is 5.69 Å². The lowest BCUT2D eigenvalue weighted by Crippen LogP contribution is -2.28. The van der Waals surface area contributed by atoms with Gasteiger partial charge < -0.3 is 29.2 Å². The number of nitrogens with zero attached hydrogens (tertiary/aromatic N) is 5. The standard InChI is InChI=1S/C55H72N6O16S4/c1-40(57-27-31-74-33-35-76-36-34-75-32-28-58-59-56)12-7-6-8-29-60-49-23-21-45(80(68,69)70)38-47(49)54(2,3)51(60)25-15-41-13-11-14-42(53(41)77-43-17-19-44(20-18-43)79(65,66)67)16-26-52-55(4,5)48-39-46(81(71,72)73)22-24-50(48)61(52)30-9-10-37-78(62,63)64/h15-26,38-39,57H,1,6-14,27-37H2,2-5H3,(H3-,62,63,64,65,66,67,68,69,70,71,72,73)/p+1. The summed E-state index contributed by atoms with van der Waals surface area (Å²) in [6, 6.07) is 14.2. The number of hydrogen-bond acceptors (Lipinski definition) is 15. The molecule has 3 aliphatic rings. The number of anilines is 1. The number of rotatable bonds is 32. The van der Waals surface area contributed by atoms with Crippen LogP contribution in [0.2, 0.25) is 0 Å². The number of hydrogen-bond donors (Lipinski definition) is 5. The molecular weight excluding hydrogens is 1130 g/mol. The topological polar surface area (TPSA) is 321 Å². The molecule has 3 aromatic carbocycles. The third kappa shape index (κ3) is 17.9. The van der Waals surface area contributed by atoms with Crippen molar-refractivity contribution in [1.82, 2.24) is 5.32 Å². The Labute approximate surface area is 475 Å². The van der Waals surface area contributed by atoms with Crippen LogP contribution >= 0.6 is 0 Å². The van der Waals surface area contributed by atoms with Gasteiger partial charge in [-0.1, -0.05) is 31.6 Å². The number of ether oxygens (including phenoxy) is 4. The second-order valence-corrected chi connectivity index (χ2v) is 26.5. The summed E-state index contributed by atoms with van der Waals surface area (Å²) in [4.78, 5) is 3.77. The average molecular weight is 1200 g/mol. The summed E-state index contributed by atoms with van der Waals surface area (Å²) in [5.41, 5.74) is 13.4. The van der Waals surface area contributed by atoms with Crippen LogP contribution in [0.1, 0.15) is 96.6 Å². The molecule has 2 heterocycles. The fourth-order valence-electron chi connectivity index (χ4n) is 10.0. The summed E-state index contributed by atoms with van der Waals surface area (Å²) in [7, 11) is -17.9. The predicted octanol–water partition coefficient (Wildman–Crippen LogP) is 9.18. The van der Waals surface area contributed by atoms with Crippen molar-refractivity contribution in [3.05, 3.63) is 141 Å². The Morgan fingerprint density at radius 1 is 0.728 bits per heavy atom. The molecule has 2 aliphatic heterocycles. The fraction of sp³-hybridized carbons (Fsp3) is 0.473. The van der Waals surface area contributed by atoms with E-state index in [9.17, 15) is 51.9 Å². The molecule has 0 aromatic heterocycles. The van der Waals surface area contributed by atoms with Gasteiger partial charge in [0, 0.05) is 71.2 Å². The zero-order valence-electron chi connectivity index (χ0n) is 46.0. The van der Waals surface area contributed by atoms with E-state index in [1.54, 1.807) is 12.1 Å². The van der Waals surface area contributed by atoms with Crippen molar-refractivity contribution < 1.29 is 75.4 Å². The van der Waals surface area contributed by atoms with Gasteiger partial charge in [-0.2, -0.15) is 38.2 Å². The molecule has 3 aromatic rings. The van der Waals surface area contributed by atoms with E-state index in [1.807, 2.05) is 56.9 Å². The van der Waals surface area contributed by atoms with Crippen LogP contribution in [0.4, 0.5) is 11.4 Å². The molecule has 5 N–H and O–H groups in total. The predicted molar refractivity (Wildman–Crippen MR) is 307 cm³/mol. The molecule has 0 spiro atoms. The average Bonchev–Trinajstić information content (AvgIpc) is 3.78. The van der Waals surface area contributed by atoms with Crippen molar-refractivity contribution >= 4 is 57.6 Å². The monoisotopic (exact) mass is 1200 g/mol. The van der Waals surface area contributed by atoms with E-state index in [2.05, 4.69) is 26.5 Å². The highest BCUT2D eigenvalue weighted by Crippen LogP contribution is 2.49. The lowest BCUT2D eigenvalue weighted by molar-refractivity contribution is -0.438. The van der Waals surface area contributed by atoms with Crippen LogP contribution in [0.3, 0.4) is 0 Å². The van der Waals surface area contributed by atoms with Gasteiger partial charge in [0.05, 0.1) is 65.5 Å². The van der Waals surface area contributed by atoms with E-state index < -0.39 is 57.1 Å². The number of benzene rings is 3. The molecule has 0 fully saturated rings. The first kappa shape index (κ1) is 64.4. The molecule has 0 radical (unpaired) electrons. The van der Waals surface area contributed by atoms with E-state index in [4.69, 9.17) is 24.5 Å². The van der Waals surface area contributed by atoms with Crippen molar-refractivity contribution in [3.8, 4) is 5.75 Å². The third-order valence-electron chi connectivity index (χ3n) is 14.2. The number of fused-ring (bicyclic) bond motifs is 2. The molecule has 0 atom stereocenters. The van der Waals surface area contributed by atoms with Crippen LogP contribution in [-0.4, -0.2) is 134 Å². The molecule has 81 heavy (non-hydrogen) atoms. The minimum absolute atomic E-state index is 0.141. The van der Waals surface area contributed by atoms with Crippen LogP contribution in [0, 0.1) is 0 Å². The van der Waals surface area contributed by atoms with E-state index in [1.165, 1.54) is 48.5 Å². The third-order valence-corrected chi connectivity index (χ3v) is 17.6. The Kier molecular flexibility index (Phi) is 22.3. The summed E-state index contributed by atoms with van der Waals surface area (Å²) in [5.74, 6) is 0.274. The van der Waals surface area contributed by atoms with E-state index in [0.717, 1.165) is 53.9 Å². The van der Waals surface area contributed by atoms with Gasteiger partial charge in [-0.3, -0.25) is 18.2 Å². The van der Waals surface area contributed by atoms with Crippen LogP contribution in [0.15, 0.2) is 140 Å².